The second-order valence-electron chi connectivity index (χ2n) is 9.41. The second-order valence-corrected chi connectivity index (χ2v) is 9.67. The number of likely N-dealkylation sites (N-methyl/N-ethyl adjacent to an activating group) is 1. The van der Waals surface area contributed by atoms with Crippen molar-refractivity contribution in [2.75, 3.05) is 17.8 Å². The standard InChI is InChI=1S/C22H27ClN2O3/c1-3-11-12-8-15-19-22(13-6-4-5-7-14(13)24(19)2)9-16(25(15)21(11)27)18(12)20(22)28-17(26)10-23/h4-7,11-12,15-16,18-21,27H,3,8-10H2,1-2H3/t11-,12-,15-,16-,18?,19-,20?,21+,22+/m0/s1. The molecule has 1 aromatic carbocycles. The Balaban J connectivity index is 1.57. The molecule has 5 nitrogen and oxygen atoms in total. The molecule has 1 aromatic rings. The Morgan fingerprint density at radius 3 is 2.89 bits per heavy atom. The monoisotopic (exact) mass is 402 g/mol. The van der Waals surface area contributed by atoms with E-state index in [4.69, 9.17) is 16.3 Å². The van der Waals surface area contributed by atoms with Crippen LogP contribution in [0.5, 0.6) is 0 Å². The summed E-state index contributed by atoms with van der Waals surface area (Å²) in [6.07, 6.45) is 2.44. The van der Waals surface area contributed by atoms with Gasteiger partial charge in [0, 0.05) is 36.7 Å². The van der Waals surface area contributed by atoms with Crippen molar-refractivity contribution in [1.82, 2.24) is 4.90 Å². The molecule has 6 heteroatoms. The fourth-order valence-electron chi connectivity index (χ4n) is 8.20. The average Bonchev–Trinajstić information content (AvgIpc) is 3.10. The van der Waals surface area contributed by atoms with Gasteiger partial charge in [0.2, 0.25) is 0 Å². The molecule has 1 N–H and O–H groups in total. The van der Waals surface area contributed by atoms with Gasteiger partial charge in [-0.15, -0.1) is 11.6 Å². The fraction of sp³-hybridized carbons (Fsp3) is 0.682. The Morgan fingerprint density at radius 2 is 2.14 bits per heavy atom. The van der Waals surface area contributed by atoms with Crippen molar-refractivity contribution in [1.29, 1.82) is 0 Å². The summed E-state index contributed by atoms with van der Waals surface area (Å²) in [5.41, 5.74) is 2.36. The van der Waals surface area contributed by atoms with E-state index in [2.05, 4.69) is 48.0 Å². The zero-order chi connectivity index (χ0) is 19.4. The number of aliphatic hydroxyl groups excluding tert-OH is 1. The van der Waals surface area contributed by atoms with Crippen LogP contribution in [0.15, 0.2) is 24.3 Å². The molecule has 7 rings (SSSR count). The number of anilines is 1. The minimum atomic E-state index is -0.382. The Kier molecular flexibility index (Phi) is 3.54. The molecule has 150 valence electrons. The molecule has 0 radical (unpaired) electrons. The van der Waals surface area contributed by atoms with Crippen LogP contribution in [0.3, 0.4) is 0 Å². The van der Waals surface area contributed by atoms with Crippen LogP contribution in [0.2, 0.25) is 0 Å². The molecule has 4 saturated heterocycles. The molecule has 1 aliphatic carbocycles. The molecule has 5 bridgehead atoms. The van der Waals surface area contributed by atoms with Gasteiger partial charge in [-0.2, -0.15) is 0 Å². The van der Waals surface area contributed by atoms with E-state index in [1.165, 1.54) is 11.3 Å². The molecule has 5 fully saturated rings. The molecule has 10 atom stereocenters. The summed E-state index contributed by atoms with van der Waals surface area (Å²) in [4.78, 5) is 17.2. The number of alkyl halides is 1. The topological polar surface area (TPSA) is 53.0 Å². The molecule has 0 aromatic heterocycles. The summed E-state index contributed by atoms with van der Waals surface area (Å²) in [6.45, 7) is 2.17. The smallest absolute Gasteiger partial charge is 0.321 e. The number of piperidine rings is 4. The van der Waals surface area contributed by atoms with Crippen molar-refractivity contribution in [3.05, 3.63) is 29.8 Å². The van der Waals surface area contributed by atoms with Crippen LogP contribution in [0.1, 0.15) is 31.7 Å². The number of fused-ring (bicyclic) bond motifs is 2. The van der Waals surface area contributed by atoms with Gasteiger partial charge in [0.1, 0.15) is 18.2 Å². The number of nitrogens with zero attached hydrogens (tertiary/aromatic N) is 2. The van der Waals surface area contributed by atoms with Gasteiger partial charge < -0.3 is 14.7 Å². The zero-order valence-electron chi connectivity index (χ0n) is 16.3. The van der Waals surface area contributed by atoms with Crippen molar-refractivity contribution in [2.24, 2.45) is 17.8 Å². The second kappa shape index (κ2) is 5.65. The predicted molar refractivity (Wildman–Crippen MR) is 106 cm³/mol. The number of aliphatic hydroxyl groups is 1. The van der Waals surface area contributed by atoms with Crippen molar-refractivity contribution in [3.63, 3.8) is 0 Å². The van der Waals surface area contributed by atoms with Crippen LogP contribution >= 0.6 is 11.6 Å². The SMILES string of the molecule is CC[C@H]1[C@@H]2C[C@H]3[C@@H]4N(C)c5ccccc5[C@]45C[C@@H](C2C5OC(=O)CCl)N3[C@@H]1O. The fourth-order valence-corrected chi connectivity index (χ4v) is 8.26. The summed E-state index contributed by atoms with van der Waals surface area (Å²) >= 11 is 5.87. The third-order valence-electron chi connectivity index (χ3n) is 8.79. The molecule has 5 aliphatic heterocycles. The first kappa shape index (κ1) is 17.5. The summed E-state index contributed by atoms with van der Waals surface area (Å²) < 4.78 is 6.19. The first-order valence-electron chi connectivity index (χ1n) is 10.6. The minimum absolute atomic E-state index is 0.107. The number of halogens is 1. The Labute approximate surface area is 170 Å². The summed E-state index contributed by atoms with van der Waals surface area (Å²) in [6, 6.07) is 9.40. The predicted octanol–water partition coefficient (Wildman–Crippen LogP) is 2.34. The summed E-state index contributed by atoms with van der Waals surface area (Å²) in [5.74, 6) is 0.510. The highest BCUT2D eigenvalue weighted by atomic mass is 35.5. The van der Waals surface area contributed by atoms with E-state index in [9.17, 15) is 9.90 Å². The zero-order valence-corrected chi connectivity index (χ0v) is 17.0. The number of para-hydroxylation sites is 1. The van der Waals surface area contributed by atoms with E-state index in [0.717, 1.165) is 19.3 Å². The van der Waals surface area contributed by atoms with Gasteiger partial charge in [-0.05, 0) is 36.8 Å². The lowest BCUT2D eigenvalue weighted by Gasteiger charge is -2.62. The maximum Gasteiger partial charge on any atom is 0.321 e. The lowest BCUT2D eigenvalue weighted by atomic mass is 9.62. The summed E-state index contributed by atoms with van der Waals surface area (Å²) in [7, 11) is 2.17. The highest BCUT2D eigenvalue weighted by molar-refractivity contribution is 6.26. The average molecular weight is 403 g/mol. The number of benzene rings is 1. The van der Waals surface area contributed by atoms with Gasteiger partial charge in [-0.3, -0.25) is 9.69 Å². The highest BCUT2D eigenvalue weighted by Crippen LogP contribution is 2.69. The lowest BCUT2D eigenvalue weighted by molar-refractivity contribution is -0.212. The first-order valence-corrected chi connectivity index (χ1v) is 11.1. The van der Waals surface area contributed by atoms with E-state index in [1.807, 2.05) is 0 Å². The molecule has 1 saturated carbocycles. The van der Waals surface area contributed by atoms with Crippen molar-refractivity contribution in [2.45, 2.75) is 62.1 Å². The lowest BCUT2D eigenvalue weighted by Crippen LogP contribution is -2.72. The number of carbonyl (C=O) groups is 1. The first-order chi connectivity index (χ1) is 13.5. The van der Waals surface area contributed by atoms with Crippen molar-refractivity contribution >= 4 is 23.3 Å². The molecule has 6 aliphatic rings. The Morgan fingerprint density at radius 1 is 1.36 bits per heavy atom. The van der Waals surface area contributed by atoms with Gasteiger partial charge in [-0.25, -0.2) is 0 Å². The van der Waals surface area contributed by atoms with Gasteiger partial charge in [0.15, 0.2) is 0 Å². The van der Waals surface area contributed by atoms with Crippen LogP contribution in [0, 0.1) is 17.8 Å². The molecule has 5 heterocycles. The van der Waals surface area contributed by atoms with E-state index in [1.54, 1.807) is 0 Å². The molecule has 28 heavy (non-hydrogen) atoms. The van der Waals surface area contributed by atoms with Crippen LogP contribution in [-0.2, 0) is 14.9 Å². The Hall–Kier alpha value is -1.30. The van der Waals surface area contributed by atoms with Crippen molar-refractivity contribution in [3.8, 4) is 0 Å². The van der Waals surface area contributed by atoms with E-state index >= 15 is 0 Å². The summed E-state index contributed by atoms with van der Waals surface area (Å²) in [5, 5.41) is 11.2. The Bertz CT molecular complexity index is 849. The van der Waals surface area contributed by atoms with Crippen LogP contribution in [0.4, 0.5) is 5.69 Å². The maximum absolute atomic E-state index is 12.4. The highest BCUT2D eigenvalue weighted by Gasteiger charge is 2.77. The van der Waals surface area contributed by atoms with E-state index in [-0.39, 0.29) is 53.5 Å². The third-order valence-corrected chi connectivity index (χ3v) is 9.01. The van der Waals surface area contributed by atoms with E-state index in [0.29, 0.717) is 12.0 Å². The van der Waals surface area contributed by atoms with E-state index < -0.39 is 0 Å². The number of hydrogen-bond acceptors (Lipinski definition) is 5. The van der Waals surface area contributed by atoms with Gasteiger partial charge in [0.05, 0.1) is 11.5 Å². The molecule has 3 unspecified atom stereocenters. The van der Waals surface area contributed by atoms with Crippen molar-refractivity contribution < 1.29 is 14.6 Å². The van der Waals surface area contributed by atoms with Gasteiger partial charge in [0.25, 0.3) is 0 Å². The third kappa shape index (κ3) is 1.76. The van der Waals surface area contributed by atoms with Crippen LogP contribution in [-0.4, -0.2) is 59.4 Å². The largest absolute Gasteiger partial charge is 0.460 e. The quantitative estimate of drug-likeness (QED) is 0.621. The van der Waals surface area contributed by atoms with Gasteiger partial charge in [-0.1, -0.05) is 25.1 Å². The molecular weight excluding hydrogens is 376 g/mol. The van der Waals surface area contributed by atoms with Crippen LogP contribution < -0.4 is 4.90 Å². The number of ether oxygens (including phenoxy) is 1. The minimum Gasteiger partial charge on any atom is -0.460 e. The number of esters is 1. The van der Waals surface area contributed by atoms with Crippen LogP contribution in [0.25, 0.3) is 0 Å². The molecular formula is C22H27ClN2O3. The molecule has 1 spiro atoms. The maximum atomic E-state index is 12.4. The molecule has 0 amide bonds. The number of hydrogen-bond donors (Lipinski definition) is 1. The number of carbonyl (C=O) groups excluding carboxylic acids is 1. The number of rotatable bonds is 3. The normalized spacial score (nSPS) is 49.3. The van der Waals surface area contributed by atoms with Gasteiger partial charge >= 0.3 is 5.97 Å².